The van der Waals surface area contributed by atoms with Crippen LogP contribution in [0.25, 0.3) is 0 Å². The highest BCUT2D eigenvalue weighted by Crippen LogP contribution is 2.52. The van der Waals surface area contributed by atoms with Gasteiger partial charge in [-0.2, -0.15) is 0 Å². The zero-order chi connectivity index (χ0) is 23.2. The summed E-state index contributed by atoms with van der Waals surface area (Å²) in [5, 5.41) is 4.76. The molecule has 1 spiro atoms. The van der Waals surface area contributed by atoms with Crippen molar-refractivity contribution in [2.45, 2.75) is 30.7 Å². The number of piperidine rings is 1. The van der Waals surface area contributed by atoms with Crippen molar-refractivity contribution in [3.05, 3.63) is 98.2 Å². The van der Waals surface area contributed by atoms with E-state index in [1.807, 2.05) is 17.0 Å². The maximum atomic E-state index is 14.5. The van der Waals surface area contributed by atoms with E-state index in [0.717, 1.165) is 42.7 Å². The fourth-order valence-electron chi connectivity index (χ4n) is 5.38. The average Bonchev–Trinajstić information content (AvgIpc) is 3.05. The van der Waals surface area contributed by atoms with Gasteiger partial charge in [0.15, 0.2) is 0 Å². The molecule has 0 bridgehead atoms. The Balaban J connectivity index is 1.68. The van der Waals surface area contributed by atoms with Gasteiger partial charge in [0.25, 0.3) is 5.91 Å². The summed E-state index contributed by atoms with van der Waals surface area (Å²) >= 11 is 18.9. The minimum Gasteiger partial charge on any atom is -0.317 e. The van der Waals surface area contributed by atoms with Crippen molar-refractivity contribution < 1.29 is 9.18 Å². The summed E-state index contributed by atoms with van der Waals surface area (Å²) in [4.78, 5) is 15.8. The fourth-order valence-corrected chi connectivity index (χ4v) is 5.92. The van der Waals surface area contributed by atoms with Crippen LogP contribution >= 0.6 is 34.8 Å². The van der Waals surface area contributed by atoms with Crippen LogP contribution in [0.2, 0.25) is 15.1 Å². The molecule has 170 valence electrons. The maximum Gasteiger partial charge on any atom is 0.260 e. The van der Waals surface area contributed by atoms with Crippen molar-refractivity contribution in [2.24, 2.45) is 0 Å². The molecule has 1 amide bonds. The molecule has 1 fully saturated rings. The normalized spacial score (nSPS) is 19.0. The van der Waals surface area contributed by atoms with Gasteiger partial charge in [-0.3, -0.25) is 4.79 Å². The molecule has 2 heterocycles. The van der Waals surface area contributed by atoms with E-state index in [1.54, 1.807) is 42.5 Å². The third-order valence-electron chi connectivity index (χ3n) is 6.94. The van der Waals surface area contributed by atoms with Crippen LogP contribution in [-0.4, -0.2) is 25.0 Å². The largest absolute Gasteiger partial charge is 0.317 e. The number of nitrogens with one attached hydrogen (secondary N) is 1. The molecule has 0 aromatic heterocycles. The Morgan fingerprint density at radius 3 is 2.45 bits per heavy atom. The Morgan fingerprint density at radius 1 is 0.970 bits per heavy atom. The molecule has 1 N–H and O–H groups in total. The first-order valence-electron chi connectivity index (χ1n) is 10.9. The van der Waals surface area contributed by atoms with Crippen molar-refractivity contribution in [1.29, 1.82) is 0 Å². The molecule has 3 aromatic carbocycles. The second-order valence-corrected chi connectivity index (χ2v) is 9.91. The van der Waals surface area contributed by atoms with Crippen LogP contribution in [0.3, 0.4) is 0 Å². The third kappa shape index (κ3) is 3.93. The predicted molar refractivity (Wildman–Crippen MR) is 132 cm³/mol. The van der Waals surface area contributed by atoms with Crippen molar-refractivity contribution in [2.75, 3.05) is 18.0 Å². The molecule has 3 aromatic rings. The quantitative estimate of drug-likeness (QED) is 0.432. The lowest BCUT2D eigenvalue weighted by molar-refractivity contribution is 0.0964. The number of halogens is 4. The molecule has 3 nitrogen and oxygen atoms in total. The first kappa shape index (κ1) is 22.7. The lowest BCUT2D eigenvalue weighted by atomic mass is 9.68. The molecular weight excluding hydrogens is 482 g/mol. The minimum atomic E-state index is -0.383. The number of anilines is 1. The summed E-state index contributed by atoms with van der Waals surface area (Å²) in [5.41, 5.74) is 2.64. The number of rotatable bonds is 3. The lowest BCUT2D eigenvalue weighted by Gasteiger charge is -2.42. The summed E-state index contributed by atoms with van der Waals surface area (Å²) < 4.78 is 14.5. The molecule has 7 heteroatoms. The van der Waals surface area contributed by atoms with E-state index in [0.29, 0.717) is 27.1 Å². The second kappa shape index (κ2) is 8.92. The summed E-state index contributed by atoms with van der Waals surface area (Å²) in [5.74, 6) is -0.485. The van der Waals surface area contributed by atoms with Crippen LogP contribution < -0.4 is 10.2 Å². The summed E-state index contributed by atoms with van der Waals surface area (Å²) in [6, 6.07) is 17.1. The van der Waals surface area contributed by atoms with Crippen LogP contribution in [0.1, 0.15) is 34.3 Å². The molecule has 1 atom stereocenters. The van der Waals surface area contributed by atoms with Crippen LogP contribution in [0.5, 0.6) is 0 Å². The maximum absolute atomic E-state index is 14.5. The zero-order valence-electron chi connectivity index (χ0n) is 17.8. The van der Waals surface area contributed by atoms with Gasteiger partial charge in [0.05, 0.1) is 26.7 Å². The van der Waals surface area contributed by atoms with Crippen molar-refractivity contribution in [3.8, 4) is 0 Å². The standard InChI is InChI=1S/C26H22Cl3FN2O/c27-20-4-2-1-3-18(20)25(33)32-23-8-6-17(30)15-19(23)26(9-11-31-12-10-26)24(32)14-16-5-7-21(28)22(29)13-16/h1-8,13,15,24,31H,9-12,14H2. The van der Waals surface area contributed by atoms with Gasteiger partial charge in [-0.25, -0.2) is 4.39 Å². The van der Waals surface area contributed by atoms with Crippen LogP contribution in [0.15, 0.2) is 60.7 Å². The molecule has 5 rings (SSSR count). The number of carbonyl (C=O) groups excluding carboxylic acids is 1. The van der Waals surface area contributed by atoms with Crippen LogP contribution in [0, 0.1) is 5.82 Å². The van der Waals surface area contributed by atoms with Gasteiger partial charge in [0, 0.05) is 11.1 Å². The Labute approximate surface area is 207 Å². The molecule has 0 radical (unpaired) electrons. The molecule has 1 saturated heterocycles. The van der Waals surface area contributed by atoms with Gasteiger partial charge in [0.1, 0.15) is 5.82 Å². The van der Waals surface area contributed by atoms with Crippen molar-refractivity contribution >= 4 is 46.4 Å². The molecule has 2 aliphatic heterocycles. The monoisotopic (exact) mass is 502 g/mol. The number of benzene rings is 3. The van der Waals surface area contributed by atoms with Gasteiger partial charge in [-0.1, -0.05) is 53.0 Å². The van der Waals surface area contributed by atoms with Gasteiger partial charge >= 0.3 is 0 Å². The van der Waals surface area contributed by atoms with Crippen molar-refractivity contribution in [1.82, 2.24) is 5.32 Å². The topological polar surface area (TPSA) is 32.3 Å². The highest BCUT2D eigenvalue weighted by Gasteiger charge is 2.53. The molecule has 33 heavy (non-hydrogen) atoms. The predicted octanol–water partition coefficient (Wildman–Crippen LogP) is 6.68. The molecule has 1 unspecified atom stereocenters. The third-order valence-corrected chi connectivity index (χ3v) is 8.00. The lowest BCUT2D eigenvalue weighted by Crippen LogP contribution is -2.53. The number of nitrogens with zero attached hydrogens (tertiary/aromatic N) is 1. The molecule has 0 aliphatic carbocycles. The van der Waals surface area contributed by atoms with E-state index in [1.165, 1.54) is 6.07 Å². The summed E-state index contributed by atoms with van der Waals surface area (Å²) in [7, 11) is 0. The molecule has 0 saturated carbocycles. The minimum absolute atomic E-state index is 0.186. The van der Waals surface area contributed by atoms with Gasteiger partial charge in [-0.05, 0) is 85.9 Å². The first-order chi connectivity index (χ1) is 15.9. The smallest absolute Gasteiger partial charge is 0.260 e. The Morgan fingerprint density at radius 2 is 1.73 bits per heavy atom. The van der Waals surface area contributed by atoms with E-state index in [9.17, 15) is 9.18 Å². The zero-order valence-corrected chi connectivity index (χ0v) is 20.0. The Kier molecular flexibility index (Phi) is 6.13. The van der Waals surface area contributed by atoms with Gasteiger partial charge in [-0.15, -0.1) is 0 Å². The number of fused-ring (bicyclic) bond motifs is 2. The number of amides is 1. The summed E-state index contributed by atoms with van der Waals surface area (Å²) in [6.45, 7) is 1.59. The number of hydrogen-bond acceptors (Lipinski definition) is 2. The fraction of sp³-hybridized carbons (Fsp3) is 0.269. The SMILES string of the molecule is O=C(c1ccccc1Cl)N1c2ccc(F)cc2C2(CCNCC2)C1Cc1ccc(Cl)c(Cl)c1. The number of carbonyl (C=O) groups is 1. The second-order valence-electron chi connectivity index (χ2n) is 8.69. The van der Waals surface area contributed by atoms with Crippen LogP contribution in [0.4, 0.5) is 10.1 Å². The average molecular weight is 504 g/mol. The van der Waals surface area contributed by atoms with Crippen LogP contribution in [-0.2, 0) is 11.8 Å². The molecule has 2 aliphatic rings. The van der Waals surface area contributed by atoms with E-state index in [2.05, 4.69) is 5.32 Å². The van der Waals surface area contributed by atoms with Gasteiger partial charge in [0.2, 0.25) is 0 Å². The van der Waals surface area contributed by atoms with E-state index in [-0.39, 0.29) is 23.2 Å². The summed E-state index contributed by atoms with van der Waals surface area (Å²) in [6.07, 6.45) is 2.15. The highest BCUT2D eigenvalue weighted by atomic mass is 35.5. The van der Waals surface area contributed by atoms with E-state index in [4.69, 9.17) is 34.8 Å². The van der Waals surface area contributed by atoms with E-state index < -0.39 is 0 Å². The Bertz CT molecular complexity index is 1230. The highest BCUT2D eigenvalue weighted by molar-refractivity contribution is 6.42. The number of hydrogen-bond donors (Lipinski definition) is 1. The van der Waals surface area contributed by atoms with E-state index >= 15 is 0 Å². The van der Waals surface area contributed by atoms with Gasteiger partial charge < -0.3 is 10.2 Å². The first-order valence-corrected chi connectivity index (χ1v) is 12.1. The molecular formula is C26H22Cl3FN2O. The van der Waals surface area contributed by atoms with Crippen molar-refractivity contribution in [3.63, 3.8) is 0 Å². The Hall–Kier alpha value is -2.11.